The van der Waals surface area contributed by atoms with E-state index < -0.39 is 9.84 Å². The third-order valence-corrected chi connectivity index (χ3v) is 7.96. The van der Waals surface area contributed by atoms with E-state index in [-0.39, 0.29) is 28.7 Å². The van der Waals surface area contributed by atoms with E-state index in [0.717, 1.165) is 0 Å². The molecule has 0 aromatic heterocycles. The van der Waals surface area contributed by atoms with Crippen LogP contribution in [-0.2, 0) is 14.6 Å². The molecule has 9 heteroatoms. The van der Waals surface area contributed by atoms with Crippen LogP contribution in [0.5, 0.6) is 0 Å². The SMILES string of the molecule is CCCC(=O)N=C1S[C@H]2CS(=O)(=O)C[C@@H]2N1c1cccc(Cl)c1Cl. The zero-order chi connectivity index (χ0) is 17.5. The molecule has 0 bridgehead atoms. The van der Waals surface area contributed by atoms with Crippen molar-refractivity contribution in [3.63, 3.8) is 0 Å². The van der Waals surface area contributed by atoms with Crippen LogP contribution < -0.4 is 4.90 Å². The fourth-order valence-corrected chi connectivity index (χ4v) is 7.21. The van der Waals surface area contributed by atoms with Gasteiger partial charge in [0.2, 0.25) is 5.91 Å². The molecule has 5 nitrogen and oxygen atoms in total. The van der Waals surface area contributed by atoms with Crippen molar-refractivity contribution in [1.29, 1.82) is 0 Å². The molecular weight excluding hydrogens is 391 g/mol. The monoisotopic (exact) mass is 406 g/mol. The lowest BCUT2D eigenvalue weighted by molar-refractivity contribution is -0.117. The fourth-order valence-electron chi connectivity index (χ4n) is 2.90. The molecule has 2 aliphatic rings. The molecule has 3 rings (SSSR count). The number of amides is 1. The second-order valence-corrected chi connectivity index (χ2v) is 9.93. The summed E-state index contributed by atoms with van der Waals surface area (Å²) in [4.78, 5) is 17.9. The summed E-state index contributed by atoms with van der Waals surface area (Å²) in [6.07, 6.45) is 1.06. The van der Waals surface area contributed by atoms with Crippen LogP contribution in [0.15, 0.2) is 23.2 Å². The topological polar surface area (TPSA) is 66.8 Å². The molecule has 2 saturated heterocycles. The maximum absolute atomic E-state index is 12.0. The van der Waals surface area contributed by atoms with Crippen molar-refractivity contribution in [3.05, 3.63) is 28.2 Å². The van der Waals surface area contributed by atoms with Crippen molar-refractivity contribution in [2.24, 2.45) is 4.99 Å². The molecule has 0 saturated carbocycles. The van der Waals surface area contributed by atoms with Gasteiger partial charge in [0.15, 0.2) is 15.0 Å². The first-order valence-electron chi connectivity index (χ1n) is 7.54. The summed E-state index contributed by atoms with van der Waals surface area (Å²) in [6.45, 7) is 1.91. The second-order valence-electron chi connectivity index (χ2n) is 5.78. The molecule has 1 amide bonds. The lowest BCUT2D eigenvalue weighted by atomic mass is 10.2. The standard InChI is InChI=1S/C15H16Cl2N2O3S2/c1-2-4-13(20)18-15-19(10-6-3-5-9(16)14(10)17)11-7-24(21,22)8-12(11)23-15/h3,5-6,11-12H,2,4,7-8H2,1H3/t11-,12-/m0/s1. The minimum absolute atomic E-state index is 0.0223. The van der Waals surface area contributed by atoms with Crippen LogP contribution in [0.25, 0.3) is 0 Å². The number of rotatable bonds is 3. The number of halogens is 2. The van der Waals surface area contributed by atoms with Crippen LogP contribution in [0.4, 0.5) is 5.69 Å². The Morgan fingerprint density at radius 2 is 2.12 bits per heavy atom. The third-order valence-electron chi connectivity index (χ3n) is 3.94. The van der Waals surface area contributed by atoms with Crippen molar-refractivity contribution < 1.29 is 13.2 Å². The zero-order valence-electron chi connectivity index (χ0n) is 12.9. The molecule has 2 fully saturated rings. The molecule has 2 heterocycles. The van der Waals surface area contributed by atoms with E-state index in [4.69, 9.17) is 23.2 Å². The van der Waals surface area contributed by atoms with Crippen molar-refractivity contribution in [1.82, 2.24) is 0 Å². The highest BCUT2D eigenvalue weighted by atomic mass is 35.5. The molecule has 0 radical (unpaired) electrons. The van der Waals surface area contributed by atoms with Gasteiger partial charge in [0, 0.05) is 11.7 Å². The molecular formula is C15H16Cl2N2O3S2. The van der Waals surface area contributed by atoms with Crippen LogP contribution in [0.3, 0.4) is 0 Å². The van der Waals surface area contributed by atoms with Gasteiger partial charge in [-0.2, -0.15) is 4.99 Å². The molecule has 1 aromatic carbocycles. The van der Waals surface area contributed by atoms with Gasteiger partial charge in [-0.3, -0.25) is 4.79 Å². The summed E-state index contributed by atoms with van der Waals surface area (Å²) in [6, 6.07) is 4.89. The summed E-state index contributed by atoms with van der Waals surface area (Å²) in [7, 11) is -3.11. The van der Waals surface area contributed by atoms with E-state index in [9.17, 15) is 13.2 Å². The second kappa shape index (κ2) is 6.86. The van der Waals surface area contributed by atoms with Gasteiger partial charge >= 0.3 is 0 Å². The Hall–Kier alpha value is -0.760. The van der Waals surface area contributed by atoms with Gasteiger partial charge in [-0.15, -0.1) is 0 Å². The van der Waals surface area contributed by atoms with Crippen LogP contribution in [0.2, 0.25) is 10.0 Å². The number of nitrogens with zero attached hydrogens (tertiary/aromatic N) is 2. The predicted octanol–water partition coefficient (Wildman–Crippen LogP) is 3.39. The lowest BCUT2D eigenvalue weighted by Crippen LogP contribution is -2.38. The zero-order valence-corrected chi connectivity index (χ0v) is 16.1. The normalized spacial score (nSPS) is 26.8. The Kier molecular flexibility index (Phi) is 5.16. The van der Waals surface area contributed by atoms with E-state index in [0.29, 0.717) is 33.7 Å². The van der Waals surface area contributed by atoms with Gasteiger partial charge in [0.1, 0.15) is 0 Å². The first kappa shape index (κ1) is 18.0. The molecule has 0 spiro atoms. The average molecular weight is 407 g/mol. The first-order chi connectivity index (χ1) is 11.3. The molecule has 1 aromatic rings. The molecule has 0 aliphatic carbocycles. The van der Waals surface area contributed by atoms with Crippen LogP contribution >= 0.6 is 35.0 Å². The van der Waals surface area contributed by atoms with Gasteiger partial charge in [-0.05, 0) is 18.6 Å². The summed E-state index contributed by atoms with van der Waals surface area (Å²) < 4.78 is 24.0. The van der Waals surface area contributed by atoms with E-state index in [1.807, 2.05) is 6.92 Å². The number of fused-ring (bicyclic) bond motifs is 1. The van der Waals surface area contributed by atoms with Gasteiger partial charge in [0.25, 0.3) is 0 Å². The van der Waals surface area contributed by atoms with E-state index in [2.05, 4.69) is 4.99 Å². The summed E-state index contributed by atoms with van der Waals surface area (Å²) in [5, 5.41) is 1.06. The van der Waals surface area contributed by atoms with Gasteiger partial charge < -0.3 is 4.90 Å². The Bertz CT molecular complexity index is 811. The Morgan fingerprint density at radius 3 is 2.83 bits per heavy atom. The number of benzene rings is 1. The largest absolute Gasteiger partial charge is 0.314 e. The molecule has 130 valence electrons. The Labute approximate surface area is 155 Å². The quantitative estimate of drug-likeness (QED) is 0.769. The van der Waals surface area contributed by atoms with Gasteiger partial charge in [-0.1, -0.05) is 48.0 Å². The maximum Gasteiger partial charge on any atom is 0.248 e. The smallest absolute Gasteiger partial charge is 0.248 e. The van der Waals surface area contributed by atoms with Gasteiger partial charge in [-0.25, -0.2) is 8.42 Å². The Morgan fingerprint density at radius 1 is 1.38 bits per heavy atom. The molecule has 0 N–H and O–H groups in total. The number of carbonyl (C=O) groups is 1. The Balaban J connectivity index is 2.05. The van der Waals surface area contributed by atoms with Crippen molar-refractivity contribution >= 4 is 61.6 Å². The first-order valence-corrected chi connectivity index (χ1v) is 11.0. The van der Waals surface area contributed by atoms with Crippen LogP contribution in [0.1, 0.15) is 19.8 Å². The highest BCUT2D eigenvalue weighted by molar-refractivity contribution is 8.16. The molecule has 2 atom stereocenters. The van der Waals surface area contributed by atoms with Gasteiger partial charge in [0.05, 0.1) is 33.3 Å². The number of amidine groups is 1. The van der Waals surface area contributed by atoms with Crippen LogP contribution in [0, 0.1) is 0 Å². The van der Waals surface area contributed by atoms with E-state index in [1.165, 1.54) is 11.8 Å². The number of thioether (sulfide) groups is 1. The fraction of sp³-hybridized carbons (Fsp3) is 0.467. The maximum atomic E-state index is 12.0. The van der Waals surface area contributed by atoms with Crippen molar-refractivity contribution in [2.75, 3.05) is 16.4 Å². The predicted molar refractivity (Wildman–Crippen MR) is 100 cm³/mol. The molecule has 24 heavy (non-hydrogen) atoms. The number of anilines is 1. The number of hydrogen-bond donors (Lipinski definition) is 0. The van der Waals surface area contributed by atoms with Crippen LogP contribution in [-0.4, -0.2) is 42.3 Å². The molecule has 2 aliphatic heterocycles. The number of aliphatic imine (C=N–C) groups is 1. The van der Waals surface area contributed by atoms with Crippen molar-refractivity contribution in [2.45, 2.75) is 31.1 Å². The summed E-state index contributed by atoms with van der Waals surface area (Å²) in [5.74, 6) is -0.113. The number of hydrogen-bond acceptors (Lipinski definition) is 4. The highest BCUT2D eigenvalue weighted by Crippen LogP contribution is 2.44. The minimum Gasteiger partial charge on any atom is -0.314 e. The third kappa shape index (κ3) is 3.45. The lowest BCUT2D eigenvalue weighted by Gasteiger charge is -2.25. The van der Waals surface area contributed by atoms with E-state index in [1.54, 1.807) is 23.1 Å². The number of carbonyl (C=O) groups excluding carboxylic acids is 1. The van der Waals surface area contributed by atoms with Crippen molar-refractivity contribution in [3.8, 4) is 0 Å². The van der Waals surface area contributed by atoms with E-state index >= 15 is 0 Å². The number of sulfone groups is 1. The summed E-state index contributed by atoms with van der Waals surface area (Å²) in [5.41, 5.74) is 0.587. The summed E-state index contributed by atoms with van der Waals surface area (Å²) >= 11 is 13.8. The average Bonchev–Trinajstić information content (AvgIpc) is 2.94. The minimum atomic E-state index is -3.11. The molecule has 0 unspecified atom stereocenters. The highest BCUT2D eigenvalue weighted by Gasteiger charge is 2.49.